The second kappa shape index (κ2) is 8.95. The number of halogens is 1. The van der Waals surface area contributed by atoms with Gasteiger partial charge in [0.25, 0.3) is 5.91 Å². The predicted octanol–water partition coefficient (Wildman–Crippen LogP) is 3.36. The van der Waals surface area contributed by atoms with Crippen LogP contribution in [-0.2, 0) is 11.3 Å². The van der Waals surface area contributed by atoms with Crippen molar-refractivity contribution in [3.8, 4) is 0 Å². The van der Waals surface area contributed by atoms with Crippen molar-refractivity contribution >= 4 is 11.7 Å². The van der Waals surface area contributed by atoms with Gasteiger partial charge in [0, 0.05) is 40.0 Å². The van der Waals surface area contributed by atoms with E-state index < -0.39 is 0 Å². The predicted molar refractivity (Wildman–Crippen MR) is 103 cm³/mol. The van der Waals surface area contributed by atoms with Crippen molar-refractivity contribution in [3.63, 3.8) is 0 Å². The third-order valence-corrected chi connectivity index (χ3v) is 4.93. The van der Waals surface area contributed by atoms with Gasteiger partial charge in [0.1, 0.15) is 11.6 Å². The maximum Gasteiger partial charge on any atom is 0.255 e. The van der Waals surface area contributed by atoms with E-state index in [2.05, 4.69) is 4.98 Å². The molecule has 1 aromatic heterocycles. The second-order valence-corrected chi connectivity index (χ2v) is 7.10. The summed E-state index contributed by atoms with van der Waals surface area (Å²) in [5, 5.41) is 0. The Balaban J connectivity index is 1.62. The number of pyridine rings is 1. The van der Waals surface area contributed by atoms with Crippen LogP contribution in [0.3, 0.4) is 0 Å². The Labute approximate surface area is 159 Å². The summed E-state index contributed by atoms with van der Waals surface area (Å²) in [4.78, 5) is 21.1. The molecule has 144 valence electrons. The highest BCUT2D eigenvalue weighted by Gasteiger charge is 2.24. The Morgan fingerprint density at radius 3 is 2.74 bits per heavy atom. The van der Waals surface area contributed by atoms with Gasteiger partial charge < -0.3 is 14.5 Å². The van der Waals surface area contributed by atoms with E-state index in [1.54, 1.807) is 25.4 Å². The maximum absolute atomic E-state index is 13.0. The molecule has 0 bridgehead atoms. The van der Waals surface area contributed by atoms with Crippen LogP contribution < -0.4 is 4.90 Å². The number of methoxy groups -OCH3 is 1. The van der Waals surface area contributed by atoms with E-state index in [-0.39, 0.29) is 11.7 Å². The lowest BCUT2D eigenvalue weighted by molar-refractivity contribution is 0.0570. The Hall–Kier alpha value is -2.47. The highest BCUT2D eigenvalue weighted by atomic mass is 19.1. The normalized spacial score (nSPS) is 17.0. The topological polar surface area (TPSA) is 45.7 Å². The van der Waals surface area contributed by atoms with Gasteiger partial charge in [0.2, 0.25) is 0 Å². The number of aromatic nitrogens is 1. The Kier molecular flexibility index (Phi) is 6.40. The molecule has 0 saturated carbocycles. The third kappa shape index (κ3) is 5.04. The molecule has 1 atom stereocenters. The molecule has 6 heteroatoms. The molecule has 5 nitrogen and oxygen atoms in total. The first-order valence-electron chi connectivity index (χ1n) is 9.26. The molecule has 2 heterocycles. The largest absolute Gasteiger partial charge is 0.384 e. The zero-order valence-corrected chi connectivity index (χ0v) is 15.9. The van der Waals surface area contributed by atoms with Crippen LogP contribution in [-0.4, -0.2) is 49.6 Å². The number of hydrogen-bond donors (Lipinski definition) is 0. The van der Waals surface area contributed by atoms with Crippen molar-refractivity contribution in [2.45, 2.75) is 19.4 Å². The first-order chi connectivity index (χ1) is 13.1. The van der Waals surface area contributed by atoms with E-state index in [0.717, 1.165) is 37.3 Å². The fourth-order valence-corrected chi connectivity index (χ4v) is 3.49. The average molecular weight is 371 g/mol. The average Bonchev–Trinajstić information content (AvgIpc) is 2.70. The lowest BCUT2D eigenvalue weighted by Gasteiger charge is -2.32. The highest BCUT2D eigenvalue weighted by Crippen LogP contribution is 2.20. The van der Waals surface area contributed by atoms with E-state index in [1.807, 2.05) is 29.0 Å². The molecule has 1 saturated heterocycles. The van der Waals surface area contributed by atoms with Gasteiger partial charge in [-0.05, 0) is 48.6 Å². The second-order valence-electron chi connectivity index (χ2n) is 7.10. The lowest BCUT2D eigenvalue weighted by Crippen LogP contribution is -2.41. The van der Waals surface area contributed by atoms with Gasteiger partial charge in [-0.25, -0.2) is 9.37 Å². The van der Waals surface area contributed by atoms with Crippen LogP contribution in [0.5, 0.6) is 0 Å². The minimum absolute atomic E-state index is 0.0241. The summed E-state index contributed by atoms with van der Waals surface area (Å²) in [6.45, 7) is 2.82. The Morgan fingerprint density at radius 1 is 1.30 bits per heavy atom. The summed E-state index contributed by atoms with van der Waals surface area (Å²) >= 11 is 0. The standard InChI is InChI=1S/C21H26FN3O2/c1-24(13-16-5-8-19(22)9-6-16)20-10-7-18(12-23-20)21(26)25-11-3-4-17(14-25)15-27-2/h5-10,12,17H,3-4,11,13-15H2,1-2H3. The minimum Gasteiger partial charge on any atom is -0.384 e. The molecule has 0 spiro atoms. The van der Waals surface area contributed by atoms with Gasteiger partial charge >= 0.3 is 0 Å². The van der Waals surface area contributed by atoms with Gasteiger partial charge in [0.15, 0.2) is 0 Å². The minimum atomic E-state index is -0.243. The maximum atomic E-state index is 13.0. The first kappa shape index (κ1) is 19.3. The summed E-state index contributed by atoms with van der Waals surface area (Å²) in [6, 6.07) is 10.1. The van der Waals surface area contributed by atoms with Crippen molar-refractivity contribution in [2.75, 3.05) is 38.8 Å². The molecule has 1 amide bonds. The number of rotatable bonds is 6. The van der Waals surface area contributed by atoms with Crippen LogP contribution in [0.4, 0.5) is 10.2 Å². The third-order valence-electron chi connectivity index (χ3n) is 4.93. The number of nitrogens with zero attached hydrogens (tertiary/aromatic N) is 3. The molecular weight excluding hydrogens is 345 g/mol. The van der Waals surface area contributed by atoms with Crippen LogP contribution >= 0.6 is 0 Å². The molecule has 0 aliphatic carbocycles. The Morgan fingerprint density at radius 2 is 2.07 bits per heavy atom. The molecule has 27 heavy (non-hydrogen) atoms. The van der Waals surface area contributed by atoms with Crippen molar-refractivity contribution in [1.82, 2.24) is 9.88 Å². The molecule has 3 rings (SSSR count). The number of likely N-dealkylation sites (tertiary alicyclic amines) is 1. The summed E-state index contributed by atoms with van der Waals surface area (Å²) in [5.41, 5.74) is 1.60. The van der Waals surface area contributed by atoms with E-state index in [1.165, 1.54) is 12.1 Å². The van der Waals surface area contributed by atoms with Gasteiger partial charge in [-0.1, -0.05) is 12.1 Å². The number of anilines is 1. The molecule has 0 radical (unpaired) electrons. The smallest absolute Gasteiger partial charge is 0.255 e. The monoisotopic (exact) mass is 371 g/mol. The SMILES string of the molecule is COCC1CCCN(C(=O)c2ccc(N(C)Cc3ccc(F)cc3)nc2)C1. The number of benzene rings is 1. The summed E-state index contributed by atoms with van der Waals surface area (Å²) < 4.78 is 18.3. The van der Waals surface area contributed by atoms with Crippen molar-refractivity contribution in [3.05, 3.63) is 59.5 Å². The quantitative estimate of drug-likeness (QED) is 0.781. The van der Waals surface area contributed by atoms with Crippen LogP contribution in [0.2, 0.25) is 0 Å². The number of piperidine rings is 1. The van der Waals surface area contributed by atoms with Crippen molar-refractivity contribution < 1.29 is 13.9 Å². The van der Waals surface area contributed by atoms with Gasteiger partial charge in [-0.3, -0.25) is 4.79 Å². The van der Waals surface area contributed by atoms with E-state index >= 15 is 0 Å². The molecule has 2 aromatic rings. The van der Waals surface area contributed by atoms with Gasteiger partial charge in [-0.15, -0.1) is 0 Å². The summed E-state index contributed by atoms with van der Waals surface area (Å²) in [6.07, 6.45) is 3.74. The fraction of sp³-hybridized carbons (Fsp3) is 0.429. The number of amides is 1. The Bertz CT molecular complexity index is 747. The van der Waals surface area contributed by atoms with Gasteiger partial charge in [0.05, 0.1) is 12.2 Å². The molecule has 0 N–H and O–H groups in total. The van der Waals surface area contributed by atoms with Gasteiger partial charge in [-0.2, -0.15) is 0 Å². The number of hydrogen-bond acceptors (Lipinski definition) is 4. The molecular formula is C21H26FN3O2. The molecule has 1 aliphatic heterocycles. The van der Waals surface area contributed by atoms with Crippen LogP contribution in [0, 0.1) is 11.7 Å². The van der Waals surface area contributed by atoms with E-state index in [0.29, 0.717) is 24.6 Å². The summed E-state index contributed by atoms with van der Waals surface area (Å²) in [5.74, 6) is 0.956. The summed E-state index contributed by atoms with van der Waals surface area (Å²) in [7, 11) is 3.62. The lowest BCUT2D eigenvalue weighted by atomic mass is 9.98. The fourth-order valence-electron chi connectivity index (χ4n) is 3.49. The molecule has 1 aromatic carbocycles. The molecule has 1 fully saturated rings. The van der Waals surface area contributed by atoms with Crippen LogP contribution in [0.1, 0.15) is 28.8 Å². The van der Waals surface area contributed by atoms with E-state index in [4.69, 9.17) is 4.74 Å². The zero-order chi connectivity index (χ0) is 19.2. The number of ether oxygens (including phenoxy) is 1. The zero-order valence-electron chi connectivity index (χ0n) is 15.9. The number of carbonyl (C=O) groups excluding carboxylic acids is 1. The van der Waals surface area contributed by atoms with E-state index in [9.17, 15) is 9.18 Å². The molecule has 1 aliphatic rings. The molecule has 1 unspecified atom stereocenters. The number of carbonyl (C=O) groups is 1. The van der Waals surface area contributed by atoms with Crippen LogP contribution in [0.15, 0.2) is 42.6 Å². The van der Waals surface area contributed by atoms with Crippen LogP contribution in [0.25, 0.3) is 0 Å². The highest BCUT2D eigenvalue weighted by molar-refractivity contribution is 5.94. The van der Waals surface area contributed by atoms with Crippen molar-refractivity contribution in [2.24, 2.45) is 5.92 Å². The van der Waals surface area contributed by atoms with Crippen molar-refractivity contribution in [1.29, 1.82) is 0 Å². The first-order valence-corrected chi connectivity index (χ1v) is 9.26.